The molecule has 0 bridgehead atoms. The topological polar surface area (TPSA) is 102 Å². The summed E-state index contributed by atoms with van der Waals surface area (Å²) in [6.07, 6.45) is -1.12. The third-order valence-electron chi connectivity index (χ3n) is 2.48. The predicted molar refractivity (Wildman–Crippen MR) is 50.7 cm³/mol. The van der Waals surface area contributed by atoms with E-state index in [0.717, 1.165) is 0 Å². The van der Waals surface area contributed by atoms with Crippen LogP contribution in [0.4, 0.5) is 0 Å². The van der Waals surface area contributed by atoms with Crippen LogP contribution in [0.15, 0.2) is 0 Å². The number of Topliss-reactive ketones (excluding diaryl/α,β-unsaturated/α-hetero) is 1. The zero-order valence-electron chi connectivity index (χ0n) is 8.93. The Hall–Kier alpha value is -1.47. The molecule has 0 radical (unpaired) electrons. The Kier molecular flexibility index (Phi) is 3.97. The van der Waals surface area contributed by atoms with Crippen LogP contribution in [0.25, 0.3) is 0 Å². The second kappa shape index (κ2) is 5.04. The van der Waals surface area contributed by atoms with Crippen LogP contribution >= 0.6 is 0 Å². The Labute approximate surface area is 91.7 Å². The monoisotopic (exact) mass is 231 g/mol. The molecule has 1 aliphatic heterocycles. The van der Waals surface area contributed by atoms with Crippen molar-refractivity contribution in [2.24, 2.45) is 5.92 Å². The molecule has 1 heterocycles. The predicted octanol–water partition coefficient (Wildman–Crippen LogP) is -1.58. The average Bonchev–Trinajstić information content (AvgIpc) is 2.26. The lowest BCUT2D eigenvalue weighted by atomic mass is 9.90. The van der Waals surface area contributed by atoms with Gasteiger partial charge in [-0.2, -0.15) is 0 Å². The highest BCUT2D eigenvalue weighted by atomic mass is 16.5. The van der Waals surface area contributed by atoms with Crippen molar-refractivity contribution in [3.8, 4) is 0 Å². The van der Waals surface area contributed by atoms with Crippen LogP contribution in [0.5, 0.6) is 0 Å². The van der Waals surface area contributed by atoms with Crippen molar-refractivity contribution >= 4 is 17.7 Å². The molecule has 2 N–H and O–H groups in total. The molecule has 3 unspecified atom stereocenters. The summed E-state index contributed by atoms with van der Waals surface area (Å²) in [6, 6.07) is -0.946. The van der Waals surface area contributed by atoms with Crippen molar-refractivity contribution in [3.63, 3.8) is 0 Å². The summed E-state index contributed by atoms with van der Waals surface area (Å²) < 4.78 is 9.33. The fourth-order valence-electron chi connectivity index (χ4n) is 1.61. The van der Waals surface area contributed by atoms with Crippen LogP contribution in [0.2, 0.25) is 0 Å². The number of esters is 1. The first kappa shape index (κ1) is 12.6. The van der Waals surface area contributed by atoms with Crippen LogP contribution < -0.4 is 5.32 Å². The molecule has 0 amide bonds. The molecule has 0 aliphatic carbocycles. The van der Waals surface area contributed by atoms with Crippen LogP contribution in [0.1, 0.15) is 0 Å². The minimum Gasteiger partial charge on any atom is -0.481 e. The van der Waals surface area contributed by atoms with Gasteiger partial charge in [0.05, 0.1) is 7.11 Å². The minimum atomic E-state index is -1.23. The van der Waals surface area contributed by atoms with Crippen molar-refractivity contribution in [1.82, 2.24) is 5.32 Å². The number of ether oxygens (including phenoxy) is 2. The van der Waals surface area contributed by atoms with E-state index in [-0.39, 0.29) is 6.54 Å². The highest BCUT2D eigenvalue weighted by molar-refractivity contribution is 6.04. The molecular formula is C9H13NO6. The molecule has 16 heavy (non-hydrogen) atoms. The molecule has 1 saturated heterocycles. The van der Waals surface area contributed by atoms with Gasteiger partial charge in [-0.05, 0) is 0 Å². The molecule has 7 heteroatoms. The fourth-order valence-corrected chi connectivity index (χ4v) is 1.61. The summed E-state index contributed by atoms with van der Waals surface area (Å²) in [5, 5.41) is 11.4. The lowest BCUT2D eigenvalue weighted by Crippen LogP contribution is -2.60. The first-order valence-electron chi connectivity index (χ1n) is 4.63. The summed E-state index contributed by atoms with van der Waals surface area (Å²) in [5.74, 6) is -3.69. The third-order valence-corrected chi connectivity index (χ3v) is 2.48. The standard InChI is InChI=1S/C9H13NO6/c1-15-7-5(9(14)16-2)10-3-4(6(7)11)8(12)13/h4-5,7,10H,3H2,1-2H3,(H,12,13). The Bertz CT molecular complexity index is 315. The average molecular weight is 231 g/mol. The number of methoxy groups -OCH3 is 2. The second-order valence-corrected chi connectivity index (χ2v) is 3.36. The number of hydrogen-bond acceptors (Lipinski definition) is 6. The number of aliphatic carboxylic acids is 1. The third kappa shape index (κ3) is 2.20. The van der Waals surface area contributed by atoms with Gasteiger partial charge in [0.1, 0.15) is 18.1 Å². The largest absolute Gasteiger partial charge is 0.481 e. The number of carboxylic acid groups (broad SMARTS) is 1. The SMILES string of the molecule is COC(=O)C1NCC(C(=O)O)C(=O)C1OC. The Morgan fingerprint density at radius 2 is 2.06 bits per heavy atom. The van der Waals surface area contributed by atoms with Gasteiger partial charge in [-0.1, -0.05) is 0 Å². The number of hydrogen-bond donors (Lipinski definition) is 2. The first-order chi connectivity index (χ1) is 7.52. The number of carbonyl (C=O) groups excluding carboxylic acids is 2. The van der Waals surface area contributed by atoms with Crippen LogP contribution in [-0.2, 0) is 23.9 Å². The van der Waals surface area contributed by atoms with E-state index in [2.05, 4.69) is 10.1 Å². The molecule has 0 aromatic heterocycles. The Morgan fingerprint density at radius 1 is 1.44 bits per heavy atom. The van der Waals surface area contributed by atoms with E-state index in [9.17, 15) is 14.4 Å². The van der Waals surface area contributed by atoms with E-state index in [1.54, 1.807) is 0 Å². The quantitative estimate of drug-likeness (QED) is 0.446. The van der Waals surface area contributed by atoms with Crippen molar-refractivity contribution in [3.05, 3.63) is 0 Å². The highest BCUT2D eigenvalue weighted by Crippen LogP contribution is 2.15. The number of rotatable bonds is 3. The van der Waals surface area contributed by atoms with Gasteiger partial charge in [-0.3, -0.25) is 14.4 Å². The zero-order valence-corrected chi connectivity index (χ0v) is 8.93. The highest BCUT2D eigenvalue weighted by Gasteiger charge is 2.45. The molecule has 0 aromatic rings. The van der Waals surface area contributed by atoms with Crippen LogP contribution in [0.3, 0.4) is 0 Å². The van der Waals surface area contributed by atoms with E-state index in [0.29, 0.717) is 0 Å². The normalized spacial score (nSPS) is 29.9. The number of carbonyl (C=O) groups is 3. The smallest absolute Gasteiger partial charge is 0.326 e. The molecule has 90 valence electrons. The summed E-state index contributed by atoms with van der Waals surface area (Å²) in [4.78, 5) is 33.7. The van der Waals surface area contributed by atoms with Gasteiger partial charge < -0.3 is 19.9 Å². The van der Waals surface area contributed by atoms with Crippen molar-refractivity contribution in [2.75, 3.05) is 20.8 Å². The molecule has 1 fully saturated rings. The second-order valence-electron chi connectivity index (χ2n) is 3.36. The van der Waals surface area contributed by atoms with Gasteiger partial charge in [0.2, 0.25) is 0 Å². The lowest BCUT2D eigenvalue weighted by Gasteiger charge is -2.31. The molecule has 1 rings (SSSR count). The first-order valence-corrected chi connectivity index (χ1v) is 4.63. The van der Waals surface area contributed by atoms with E-state index < -0.39 is 35.8 Å². The summed E-state index contributed by atoms with van der Waals surface area (Å²) in [5.41, 5.74) is 0. The van der Waals surface area contributed by atoms with Crippen molar-refractivity contribution < 1.29 is 29.0 Å². The maximum absolute atomic E-state index is 11.7. The van der Waals surface area contributed by atoms with Gasteiger partial charge in [-0.25, -0.2) is 0 Å². The van der Waals surface area contributed by atoms with Gasteiger partial charge in [0, 0.05) is 13.7 Å². The molecular weight excluding hydrogens is 218 g/mol. The Morgan fingerprint density at radius 3 is 2.50 bits per heavy atom. The molecule has 0 spiro atoms. The Balaban J connectivity index is 2.85. The van der Waals surface area contributed by atoms with E-state index in [1.807, 2.05) is 0 Å². The fraction of sp³-hybridized carbons (Fsp3) is 0.667. The summed E-state index contributed by atoms with van der Waals surface area (Å²) in [7, 11) is 2.43. The number of nitrogens with one attached hydrogen (secondary N) is 1. The van der Waals surface area contributed by atoms with Crippen LogP contribution in [-0.4, -0.2) is 55.7 Å². The van der Waals surface area contributed by atoms with Gasteiger partial charge in [-0.15, -0.1) is 0 Å². The van der Waals surface area contributed by atoms with Gasteiger partial charge >= 0.3 is 11.9 Å². The van der Waals surface area contributed by atoms with Crippen molar-refractivity contribution in [1.29, 1.82) is 0 Å². The molecule has 0 aromatic carbocycles. The maximum atomic E-state index is 11.7. The van der Waals surface area contributed by atoms with Crippen molar-refractivity contribution in [2.45, 2.75) is 12.1 Å². The molecule has 7 nitrogen and oxygen atoms in total. The lowest BCUT2D eigenvalue weighted by molar-refractivity contribution is -0.160. The van der Waals surface area contributed by atoms with Gasteiger partial charge in [0.25, 0.3) is 0 Å². The van der Waals surface area contributed by atoms with Crippen LogP contribution in [0, 0.1) is 5.92 Å². The van der Waals surface area contributed by atoms with E-state index in [4.69, 9.17) is 9.84 Å². The molecule has 1 aliphatic rings. The number of carboxylic acids is 1. The number of ketones is 1. The summed E-state index contributed by atoms with van der Waals surface area (Å²) in [6.45, 7) is -0.103. The van der Waals surface area contributed by atoms with E-state index >= 15 is 0 Å². The van der Waals surface area contributed by atoms with Gasteiger partial charge in [0.15, 0.2) is 5.78 Å². The zero-order chi connectivity index (χ0) is 12.3. The van der Waals surface area contributed by atoms with E-state index in [1.165, 1.54) is 14.2 Å². The number of piperidine rings is 1. The molecule has 3 atom stereocenters. The maximum Gasteiger partial charge on any atom is 0.326 e. The minimum absolute atomic E-state index is 0.103. The molecule has 0 saturated carbocycles. The summed E-state index contributed by atoms with van der Waals surface area (Å²) >= 11 is 0.